The first-order valence-corrected chi connectivity index (χ1v) is 7.51. The summed E-state index contributed by atoms with van der Waals surface area (Å²) in [4.78, 5) is 9.54. The van der Waals surface area contributed by atoms with Gasteiger partial charge in [-0.25, -0.2) is 9.97 Å². The Balaban J connectivity index is 1.95. The molecule has 2 unspecified atom stereocenters. The van der Waals surface area contributed by atoms with Crippen molar-refractivity contribution in [2.75, 3.05) is 12.4 Å². The Morgan fingerprint density at radius 3 is 2.68 bits per heavy atom. The molecule has 1 N–H and O–H groups in total. The van der Waals surface area contributed by atoms with Crippen LogP contribution in [0.15, 0.2) is 0 Å². The second kappa shape index (κ2) is 5.45. The summed E-state index contributed by atoms with van der Waals surface area (Å²) in [5.74, 6) is 1.90. The van der Waals surface area contributed by atoms with E-state index in [9.17, 15) is 0 Å². The maximum Gasteiger partial charge on any atom is 0.159 e. The van der Waals surface area contributed by atoms with E-state index < -0.39 is 0 Å². The van der Waals surface area contributed by atoms with Crippen molar-refractivity contribution in [2.24, 2.45) is 0 Å². The Hall–Kier alpha value is -1.16. The highest BCUT2D eigenvalue weighted by molar-refractivity contribution is 5.47. The van der Waals surface area contributed by atoms with Crippen LogP contribution in [0.2, 0.25) is 0 Å². The Morgan fingerprint density at radius 1 is 1.11 bits per heavy atom. The Kier molecular flexibility index (Phi) is 3.69. The van der Waals surface area contributed by atoms with Gasteiger partial charge in [-0.05, 0) is 45.4 Å². The van der Waals surface area contributed by atoms with Gasteiger partial charge in [-0.15, -0.1) is 0 Å². The molecule has 1 aromatic rings. The number of anilines is 1. The quantitative estimate of drug-likeness (QED) is 0.831. The van der Waals surface area contributed by atoms with Gasteiger partial charge in [-0.1, -0.05) is 6.42 Å². The number of rotatable bonds is 2. The third-order valence-corrected chi connectivity index (χ3v) is 4.21. The molecule has 19 heavy (non-hydrogen) atoms. The molecule has 3 rings (SSSR count). The van der Waals surface area contributed by atoms with Crippen molar-refractivity contribution < 1.29 is 4.74 Å². The zero-order valence-electron chi connectivity index (χ0n) is 11.9. The van der Waals surface area contributed by atoms with E-state index in [0.717, 1.165) is 37.3 Å². The standard InChI is InChI=1S/C15H23N3O/c1-10-8-9-13(19-10)15-17-12-7-5-3-4-6-11(12)14(16-2)18-15/h10,13H,3-9H2,1-2H3,(H,16,17,18). The molecule has 1 aliphatic carbocycles. The van der Waals surface area contributed by atoms with Crippen molar-refractivity contribution in [1.29, 1.82) is 0 Å². The second-order valence-corrected chi connectivity index (χ2v) is 5.68. The smallest absolute Gasteiger partial charge is 0.159 e. The van der Waals surface area contributed by atoms with Gasteiger partial charge in [0.2, 0.25) is 0 Å². The summed E-state index contributed by atoms with van der Waals surface area (Å²) in [7, 11) is 1.95. The van der Waals surface area contributed by atoms with E-state index in [2.05, 4.69) is 12.2 Å². The molecule has 0 spiro atoms. The highest BCUT2D eigenvalue weighted by Gasteiger charge is 2.27. The van der Waals surface area contributed by atoms with Gasteiger partial charge in [0.15, 0.2) is 5.82 Å². The number of aromatic nitrogens is 2. The second-order valence-electron chi connectivity index (χ2n) is 5.68. The maximum absolute atomic E-state index is 5.92. The largest absolute Gasteiger partial charge is 0.373 e. The van der Waals surface area contributed by atoms with Crippen molar-refractivity contribution in [1.82, 2.24) is 9.97 Å². The number of fused-ring (bicyclic) bond motifs is 1. The minimum atomic E-state index is 0.0932. The summed E-state index contributed by atoms with van der Waals surface area (Å²) in [6.07, 6.45) is 8.57. The van der Waals surface area contributed by atoms with E-state index in [0.29, 0.717) is 6.10 Å². The maximum atomic E-state index is 5.92. The predicted molar refractivity (Wildman–Crippen MR) is 75.4 cm³/mol. The first-order valence-electron chi connectivity index (χ1n) is 7.51. The summed E-state index contributed by atoms with van der Waals surface area (Å²) in [5, 5.41) is 3.25. The zero-order valence-corrected chi connectivity index (χ0v) is 11.9. The normalized spacial score (nSPS) is 26.8. The van der Waals surface area contributed by atoms with E-state index in [1.165, 1.54) is 30.5 Å². The van der Waals surface area contributed by atoms with Gasteiger partial charge in [-0.2, -0.15) is 0 Å². The fourth-order valence-corrected chi connectivity index (χ4v) is 3.13. The number of hydrogen-bond acceptors (Lipinski definition) is 4. The number of nitrogens with zero attached hydrogens (tertiary/aromatic N) is 2. The fraction of sp³-hybridized carbons (Fsp3) is 0.733. The molecule has 1 aliphatic heterocycles. The zero-order chi connectivity index (χ0) is 13.2. The van der Waals surface area contributed by atoms with Crippen LogP contribution in [-0.4, -0.2) is 23.1 Å². The van der Waals surface area contributed by atoms with Crippen LogP contribution in [0.25, 0.3) is 0 Å². The van der Waals surface area contributed by atoms with Crippen molar-refractivity contribution in [3.05, 3.63) is 17.1 Å². The molecule has 1 aromatic heterocycles. The van der Waals surface area contributed by atoms with Crippen LogP contribution in [0.1, 0.15) is 62.2 Å². The average Bonchev–Trinajstić information content (AvgIpc) is 2.72. The number of ether oxygens (including phenoxy) is 1. The molecule has 2 heterocycles. The van der Waals surface area contributed by atoms with Crippen LogP contribution < -0.4 is 5.32 Å². The highest BCUT2D eigenvalue weighted by atomic mass is 16.5. The van der Waals surface area contributed by atoms with Crippen molar-refractivity contribution in [2.45, 2.75) is 64.1 Å². The molecule has 2 atom stereocenters. The number of nitrogens with one attached hydrogen (secondary N) is 1. The van der Waals surface area contributed by atoms with Crippen LogP contribution in [-0.2, 0) is 17.6 Å². The molecular weight excluding hydrogens is 238 g/mol. The van der Waals surface area contributed by atoms with Crippen molar-refractivity contribution in [3.63, 3.8) is 0 Å². The van der Waals surface area contributed by atoms with Gasteiger partial charge in [0.05, 0.1) is 6.10 Å². The van der Waals surface area contributed by atoms with Crippen LogP contribution >= 0.6 is 0 Å². The van der Waals surface area contributed by atoms with Gasteiger partial charge < -0.3 is 10.1 Å². The molecule has 0 bridgehead atoms. The van der Waals surface area contributed by atoms with Crippen LogP contribution in [0.3, 0.4) is 0 Å². The number of hydrogen-bond donors (Lipinski definition) is 1. The first kappa shape index (κ1) is 12.9. The van der Waals surface area contributed by atoms with Crippen LogP contribution in [0.5, 0.6) is 0 Å². The molecule has 1 saturated heterocycles. The lowest BCUT2D eigenvalue weighted by molar-refractivity contribution is 0.0502. The molecule has 0 saturated carbocycles. The molecule has 0 radical (unpaired) electrons. The monoisotopic (exact) mass is 261 g/mol. The lowest BCUT2D eigenvalue weighted by Gasteiger charge is -2.16. The summed E-state index contributed by atoms with van der Waals surface area (Å²) in [6, 6.07) is 0. The van der Waals surface area contributed by atoms with Gasteiger partial charge in [0.25, 0.3) is 0 Å². The van der Waals surface area contributed by atoms with Gasteiger partial charge in [-0.3, -0.25) is 0 Å². The Labute approximate surface area is 115 Å². The van der Waals surface area contributed by atoms with Gasteiger partial charge in [0.1, 0.15) is 11.9 Å². The first-order chi connectivity index (χ1) is 9.28. The van der Waals surface area contributed by atoms with Crippen molar-refractivity contribution in [3.8, 4) is 0 Å². The molecule has 2 aliphatic rings. The summed E-state index contributed by atoms with van der Waals surface area (Å²) >= 11 is 0. The third kappa shape index (κ3) is 2.59. The van der Waals surface area contributed by atoms with Crippen molar-refractivity contribution >= 4 is 5.82 Å². The Morgan fingerprint density at radius 2 is 1.95 bits per heavy atom. The fourth-order valence-electron chi connectivity index (χ4n) is 3.13. The summed E-state index contributed by atoms with van der Waals surface area (Å²) in [6.45, 7) is 2.13. The molecule has 1 fully saturated rings. The lowest BCUT2D eigenvalue weighted by Crippen LogP contribution is -2.12. The average molecular weight is 261 g/mol. The SMILES string of the molecule is CNc1nc(C2CCC(C)O2)nc2c1CCCCC2. The van der Waals surface area contributed by atoms with E-state index in [4.69, 9.17) is 14.7 Å². The van der Waals surface area contributed by atoms with E-state index in [1.807, 2.05) is 7.05 Å². The van der Waals surface area contributed by atoms with Gasteiger partial charge in [0, 0.05) is 18.3 Å². The molecule has 0 aromatic carbocycles. The summed E-state index contributed by atoms with van der Waals surface area (Å²) in [5.41, 5.74) is 2.57. The molecule has 104 valence electrons. The van der Waals surface area contributed by atoms with E-state index in [1.54, 1.807) is 0 Å². The molecular formula is C15H23N3O. The van der Waals surface area contributed by atoms with E-state index in [-0.39, 0.29) is 6.10 Å². The Bertz CT molecular complexity index is 461. The third-order valence-electron chi connectivity index (χ3n) is 4.21. The molecule has 0 amide bonds. The summed E-state index contributed by atoms with van der Waals surface area (Å²) < 4.78 is 5.92. The predicted octanol–water partition coefficient (Wildman–Crippen LogP) is 3.03. The van der Waals surface area contributed by atoms with Crippen LogP contribution in [0, 0.1) is 0 Å². The molecule has 4 nitrogen and oxygen atoms in total. The van der Waals surface area contributed by atoms with Crippen LogP contribution in [0.4, 0.5) is 5.82 Å². The topological polar surface area (TPSA) is 47.0 Å². The number of aryl methyl sites for hydroxylation is 1. The minimum Gasteiger partial charge on any atom is -0.373 e. The lowest BCUT2D eigenvalue weighted by atomic mass is 10.1. The highest BCUT2D eigenvalue weighted by Crippen LogP contribution is 2.33. The van der Waals surface area contributed by atoms with E-state index >= 15 is 0 Å². The van der Waals surface area contributed by atoms with Gasteiger partial charge >= 0.3 is 0 Å². The minimum absolute atomic E-state index is 0.0932. The molecule has 4 heteroatoms.